The SMILES string of the molecule is COC(=O)[C@H](C)N1c2cc(C)c(C)cc2[C@@H](C)CC1(C)C. The van der Waals surface area contributed by atoms with E-state index < -0.39 is 0 Å². The molecule has 1 aliphatic rings. The Morgan fingerprint density at radius 3 is 2.48 bits per heavy atom. The number of anilines is 1. The summed E-state index contributed by atoms with van der Waals surface area (Å²) < 4.78 is 4.97. The summed E-state index contributed by atoms with van der Waals surface area (Å²) in [6, 6.07) is 4.22. The highest BCUT2D eigenvalue weighted by molar-refractivity contribution is 5.81. The number of carbonyl (C=O) groups is 1. The molecule has 0 saturated carbocycles. The number of nitrogens with zero attached hydrogens (tertiary/aromatic N) is 1. The highest BCUT2D eigenvalue weighted by Crippen LogP contribution is 2.45. The van der Waals surface area contributed by atoms with Gasteiger partial charge in [0.1, 0.15) is 6.04 Å². The van der Waals surface area contributed by atoms with Crippen molar-refractivity contribution in [3.05, 3.63) is 28.8 Å². The molecule has 1 heterocycles. The summed E-state index contributed by atoms with van der Waals surface area (Å²) in [6.45, 7) is 12.9. The minimum atomic E-state index is -0.279. The van der Waals surface area contributed by atoms with Gasteiger partial charge in [0.25, 0.3) is 0 Å². The Morgan fingerprint density at radius 1 is 1.33 bits per heavy atom. The second kappa shape index (κ2) is 5.36. The van der Waals surface area contributed by atoms with E-state index in [2.05, 4.69) is 51.7 Å². The molecule has 0 N–H and O–H groups in total. The summed E-state index contributed by atoms with van der Waals surface area (Å²) in [5.41, 5.74) is 5.03. The molecule has 1 aromatic carbocycles. The van der Waals surface area contributed by atoms with E-state index >= 15 is 0 Å². The van der Waals surface area contributed by atoms with E-state index in [4.69, 9.17) is 4.74 Å². The monoisotopic (exact) mass is 289 g/mol. The van der Waals surface area contributed by atoms with Gasteiger partial charge in [-0.05, 0) is 69.7 Å². The Bertz CT molecular complexity index is 563. The van der Waals surface area contributed by atoms with Crippen LogP contribution in [0.15, 0.2) is 12.1 Å². The zero-order valence-corrected chi connectivity index (χ0v) is 14.3. The summed E-state index contributed by atoms with van der Waals surface area (Å²) in [7, 11) is 1.46. The number of methoxy groups -OCH3 is 1. The summed E-state index contributed by atoms with van der Waals surface area (Å²) in [5.74, 6) is 0.317. The van der Waals surface area contributed by atoms with E-state index in [1.165, 1.54) is 29.5 Å². The van der Waals surface area contributed by atoms with E-state index in [1.54, 1.807) is 0 Å². The van der Waals surface area contributed by atoms with Crippen molar-refractivity contribution in [2.24, 2.45) is 0 Å². The number of benzene rings is 1. The Kier molecular flexibility index (Phi) is 4.05. The van der Waals surface area contributed by atoms with Gasteiger partial charge in [0.2, 0.25) is 0 Å². The lowest BCUT2D eigenvalue weighted by atomic mass is 9.78. The molecular weight excluding hydrogens is 262 g/mol. The van der Waals surface area contributed by atoms with Crippen LogP contribution in [0.25, 0.3) is 0 Å². The lowest BCUT2D eigenvalue weighted by Crippen LogP contribution is -2.55. The number of carbonyl (C=O) groups excluding carboxylic acids is 1. The second-order valence-corrected chi connectivity index (χ2v) is 6.98. The minimum absolute atomic E-state index is 0.0677. The fourth-order valence-corrected chi connectivity index (χ4v) is 3.72. The molecule has 0 amide bonds. The molecule has 1 aromatic rings. The molecule has 0 unspecified atom stereocenters. The van der Waals surface area contributed by atoms with Crippen molar-refractivity contribution in [3.8, 4) is 0 Å². The molecular formula is C18H27NO2. The van der Waals surface area contributed by atoms with Crippen LogP contribution in [0.3, 0.4) is 0 Å². The first kappa shape index (κ1) is 15.9. The zero-order valence-electron chi connectivity index (χ0n) is 14.3. The Hall–Kier alpha value is -1.51. The van der Waals surface area contributed by atoms with Crippen LogP contribution >= 0.6 is 0 Å². The van der Waals surface area contributed by atoms with Gasteiger partial charge >= 0.3 is 5.97 Å². The molecule has 2 atom stereocenters. The number of aryl methyl sites for hydroxylation is 2. The van der Waals surface area contributed by atoms with Crippen molar-refractivity contribution in [2.75, 3.05) is 12.0 Å². The average molecular weight is 289 g/mol. The van der Waals surface area contributed by atoms with Gasteiger partial charge in [-0.2, -0.15) is 0 Å². The van der Waals surface area contributed by atoms with Gasteiger partial charge in [0.05, 0.1) is 7.11 Å². The lowest BCUT2D eigenvalue weighted by molar-refractivity contribution is -0.142. The van der Waals surface area contributed by atoms with Crippen LogP contribution < -0.4 is 4.90 Å². The van der Waals surface area contributed by atoms with Crippen LogP contribution in [0.2, 0.25) is 0 Å². The van der Waals surface area contributed by atoms with Crippen molar-refractivity contribution >= 4 is 11.7 Å². The molecule has 0 bridgehead atoms. The largest absolute Gasteiger partial charge is 0.467 e. The van der Waals surface area contributed by atoms with Gasteiger partial charge in [-0.3, -0.25) is 0 Å². The van der Waals surface area contributed by atoms with E-state index in [1.807, 2.05) is 6.92 Å². The smallest absolute Gasteiger partial charge is 0.328 e. The molecule has 116 valence electrons. The summed E-state index contributed by atoms with van der Waals surface area (Å²) in [6.07, 6.45) is 1.03. The maximum atomic E-state index is 12.1. The van der Waals surface area contributed by atoms with Crippen molar-refractivity contribution in [1.29, 1.82) is 0 Å². The van der Waals surface area contributed by atoms with Crippen LogP contribution in [0, 0.1) is 13.8 Å². The van der Waals surface area contributed by atoms with Crippen molar-refractivity contribution in [1.82, 2.24) is 0 Å². The standard InChI is InChI=1S/C18H27NO2/c1-11-8-15-13(3)10-18(5,6)19(14(4)17(20)21-7)16(15)9-12(11)2/h8-9,13-14H,10H2,1-7H3/t13-,14-/m0/s1. The average Bonchev–Trinajstić information content (AvgIpc) is 2.39. The molecule has 3 heteroatoms. The zero-order chi connectivity index (χ0) is 15.9. The molecule has 1 aliphatic heterocycles. The Morgan fingerprint density at radius 2 is 1.90 bits per heavy atom. The molecule has 0 spiro atoms. The van der Waals surface area contributed by atoms with Crippen LogP contribution in [0.5, 0.6) is 0 Å². The third kappa shape index (κ3) is 2.66. The first-order chi connectivity index (χ1) is 9.69. The van der Waals surface area contributed by atoms with Gasteiger partial charge in [0, 0.05) is 11.2 Å². The fourth-order valence-electron chi connectivity index (χ4n) is 3.72. The Labute approximate surface area is 128 Å². The van der Waals surface area contributed by atoms with E-state index in [0.717, 1.165) is 6.42 Å². The van der Waals surface area contributed by atoms with Crippen molar-refractivity contribution in [2.45, 2.75) is 65.5 Å². The third-order valence-electron chi connectivity index (χ3n) is 4.82. The van der Waals surface area contributed by atoms with E-state index in [-0.39, 0.29) is 17.6 Å². The maximum Gasteiger partial charge on any atom is 0.328 e. The maximum absolute atomic E-state index is 12.1. The molecule has 2 rings (SSSR count). The third-order valence-corrected chi connectivity index (χ3v) is 4.82. The van der Waals surface area contributed by atoms with E-state index in [0.29, 0.717) is 5.92 Å². The highest BCUT2D eigenvalue weighted by Gasteiger charge is 2.41. The number of esters is 1. The van der Waals surface area contributed by atoms with Crippen LogP contribution in [0.4, 0.5) is 5.69 Å². The quantitative estimate of drug-likeness (QED) is 0.772. The number of rotatable bonds is 2. The van der Waals surface area contributed by atoms with Crippen LogP contribution in [-0.4, -0.2) is 24.7 Å². The number of hydrogen-bond donors (Lipinski definition) is 0. The summed E-state index contributed by atoms with van der Waals surface area (Å²) >= 11 is 0. The van der Waals surface area contributed by atoms with Crippen LogP contribution in [0.1, 0.15) is 56.7 Å². The number of hydrogen-bond acceptors (Lipinski definition) is 3. The predicted molar refractivity (Wildman–Crippen MR) is 87.0 cm³/mol. The van der Waals surface area contributed by atoms with Crippen LogP contribution in [-0.2, 0) is 9.53 Å². The molecule has 0 aromatic heterocycles. The first-order valence-corrected chi connectivity index (χ1v) is 7.67. The minimum Gasteiger partial charge on any atom is -0.467 e. The molecule has 0 radical (unpaired) electrons. The molecule has 0 aliphatic carbocycles. The van der Waals surface area contributed by atoms with Gasteiger partial charge in [-0.15, -0.1) is 0 Å². The number of fused-ring (bicyclic) bond motifs is 1. The molecule has 0 saturated heterocycles. The van der Waals surface area contributed by atoms with Gasteiger partial charge in [0.15, 0.2) is 0 Å². The molecule has 21 heavy (non-hydrogen) atoms. The second-order valence-electron chi connectivity index (χ2n) is 6.98. The van der Waals surface area contributed by atoms with Gasteiger partial charge < -0.3 is 9.64 Å². The topological polar surface area (TPSA) is 29.5 Å². The fraction of sp³-hybridized carbons (Fsp3) is 0.611. The molecule has 0 fully saturated rings. The van der Waals surface area contributed by atoms with Gasteiger partial charge in [-0.1, -0.05) is 13.0 Å². The molecule has 3 nitrogen and oxygen atoms in total. The predicted octanol–water partition coefficient (Wildman–Crippen LogP) is 3.96. The lowest BCUT2D eigenvalue weighted by Gasteiger charge is -2.49. The first-order valence-electron chi connectivity index (χ1n) is 7.67. The van der Waals surface area contributed by atoms with Gasteiger partial charge in [-0.25, -0.2) is 4.79 Å². The summed E-state index contributed by atoms with van der Waals surface area (Å²) in [5, 5.41) is 0. The van der Waals surface area contributed by atoms with E-state index in [9.17, 15) is 4.79 Å². The van der Waals surface area contributed by atoms with Crippen molar-refractivity contribution < 1.29 is 9.53 Å². The number of ether oxygens (including phenoxy) is 1. The Balaban J connectivity index is 2.61. The summed E-state index contributed by atoms with van der Waals surface area (Å²) in [4.78, 5) is 14.3. The highest BCUT2D eigenvalue weighted by atomic mass is 16.5. The van der Waals surface area contributed by atoms with Crippen molar-refractivity contribution in [3.63, 3.8) is 0 Å². The normalized spacial score (nSPS) is 21.7.